The molecule has 0 bridgehead atoms. The minimum atomic E-state index is 0.626. The van der Waals surface area contributed by atoms with E-state index in [1.165, 1.54) is 21.7 Å². The van der Waals surface area contributed by atoms with Crippen molar-refractivity contribution in [1.29, 1.82) is 0 Å². The molecule has 0 aliphatic carbocycles. The summed E-state index contributed by atoms with van der Waals surface area (Å²) in [6.45, 7) is 0. The van der Waals surface area contributed by atoms with Gasteiger partial charge in [-0.2, -0.15) is 0 Å². The summed E-state index contributed by atoms with van der Waals surface area (Å²) in [4.78, 5) is 15.3. The van der Waals surface area contributed by atoms with E-state index in [4.69, 9.17) is 19.4 Å². The molecule has 9 aromatic carbocycles. The van der Waals surface area contributed by atoms with Crippen LogP contribution in [0.1, 0.15) is 0 Å². The third-order valence-electron chi connectivity index (χ3n) is 10.9. The van der Waals surface area contributed by atoms with Gasteiger partial charge in [0.15, 0.2) is 17.5 Å². The first-order valence-corrected chi connectivity index (χ1v) is 19.2. The van der Waals surface area contributed by atoms with Crippen molar-refractivity contribution in [2.75, 3.05) is 0 Å². The van der Waals surface area contributed by atoms with Crippen molar-refractivity contribution in [2.24, 2.45) is 0 Å². The second kappa shape index (κ2) is 13.6. The zero-order valence-corrected chi connectivity index (χ0v) is 30.8. The van der Waals surface area contributed by atoms with Crippen molar-refractivity contribution < 1.29 is 4.42 Å². The first-order chi connectivity index (χ1) is 28.2. The second-order valence-electron chi connectivity index (χ2n) is 14.4. The third kappa shape index (κ3) is 6.01. The van der Waals surface area contributed by atoms with Crippen LogP contribution in [0.4, 0.5) is 0 Å². The smallest absolute Gasteiger partial charge is 0.164 e. The zero-order chi connectivity index (χ0) is 37.7. The fourth-order valence-electron chi connectivity index (χ4n) is 8.01. The van der Waals surface area contributed by atoms with E-state index in [1.807, 2.05) is 24.3 Å². The number of rotatable bonds is 6. The van der Waals surface area contributed by atoms with Gasteiger partial charge in [0.05, 0.1) is 0 Å². The van der Waals surface area contributed by atoms with E-state index >= 15 is 0 Å². The highest BCUT2D eigenvalue weighted by molar-refractivity contribution is 6.13. The van der Waals surface area contributed by atoms with Crippen LogP contribution >= 0.6 is 0 Å². The molecule has 0 amide bonds. The fraction of sp³-hybridized carbons (Fsp3) is 0. The summed E-state index contributed by atoms with van der Waals surface area (Å²) in [7, 11) is 0. The maximum atomic E-state index is 6.19. The van der Waals surface area contributed by atoms with Crippen molar-refractivity contribution in [3.05, 3.63) is 200 Å². The molecule has 0 aliphatic rings. The van der Waals surface area contributed by atoms with Crippen LogP contribution in [0.5, 0.6) is 0 Å². The number of nitrogens with zero attached hydrogens (tertiary/aromatic N) is 3. The van der Waals surface area contributed by atoms with E-state index in [0.29, 0.717) is 17.5 Å². The molecule has 0 unspecified atom stereocenters. The van der Waals surface area contributed by atoms with Gasteiger partial charge in [-0.15, -0.1) is 0 Å². The zero-order valence-electron chi connectivity index (χ0n) is 30.8. The molecular formula is C53H33N3O. The summed E-state index contributed by atoms with van der Waals surface area (Å²) in [5.41, 5.74) is 11.4. The molecule has 0 spiro atoms. The largest absolute Gasteiger partial charge is 0.456 e. The van der Waals surface area contributed by atoms with Crippen molar-refractivity contribution in [3.8, 4) is 67.5 Å². The van der Waals surface area contributed by atoms with E-state index in [1.54, 1.807) is 0 Å². The predicted octanol–water partition coefficient (Wildman–Crippen LogP) is 14.1. The lowest BCUT2D eigenvalue weighted by Gasteiger charge is -2.11. The van der Waals surface area contributed by atoms with Gasteiger partial charge >= 0.3 is 0 Å². The number of hydrogen-bond acceptors (Lipinski definition) is 4. The Hall–Kier alpha value is -7.69. The summed E-state index contributed by atoms with van der Waals surface area (Å²) in [5.74, 6) is 1.89. The molecule has 4 heteroatoms. The van der Waals surface area contributed by atoms with Crippen LogP contribution in [-0.2, 0) is 0 Å². The van der Waals surface area contributed by atoms with Crippen molar-refractivity contribution >= 4 is 43.5 Å². The Morgan fingerprint density at radius 2 is 0.737 bits per heavy atom. The van der Waals surface area contributed by atoms with Gasteiger partial charge in [-0.05, 0) is 97.4 Å². The maximum Gasteiger partial charge on any atom is 0.164 e. The highest BCUT2D eigenvalue weighted by atomic mass is 16.3. The quantitative estimate of drug-likeness (QED) is 0.171. The van der Waals surface area contributed by atoms with E-state index < -0.39 is 0 Å². The number of benzene rings is 9. The summed E-state index contributed by atoms with van der Waals surface area (Å²) in [6, 6.07) is 70.1. The summed E-state index contributed by atoms with van der Waals surface area (Å²) in [5, 5.41) is 6.95. The molecule has 2 heterocycles. The van der Waals surface area contributed by atoms with Crippen molar-refractivity contribution in [1.82, 2.24) is 15.0 Å². The highest BCUT2D eigenvalue weighted by Crippen LogP contribution is 2.38. The van der Waals surface area contributed by atoms with Gasteiger partial charge in [-0.1, -0.05) is 158 Å². The van der Waals surface area contributed by atoms with Crippen molar-refractivity contribution in [3.63, 3.8) is 0 Å². The predicted molar refractivity (Wildman–Crippen MR) is 235 cm³/mol. The van der Waals surface area contributed by atoms with Crippen LogP contribution in [-0.4, -0.2) is 15.0 Å². The number of para-hydroxylation sites is 1. The summed E-state index contributed by atoms with van der Waals surface area (Å²) < 4.78 is 6.19. The fourth-order valence-corrected chi connectivity index (χ4v) is 8.01. The summed E-state index contributed by atoms with van der Waals surface area (Å²) in [6.07, 6.45) is 0. The van der Waals surface area contributed by atoms with Gasteiger partial charge in [-0.25, -0.2) is 15.0 Å². The Morgan fingerprint density at radius 1 is 0.281 bits per heavy atom. The molecule has 0 saturated carbocycles. The minimum absolute atomic E-state index is 0.626. The van der Waals surface area contributed by atoms with E-state index in [9.17, 15) is 0 Å². The molecule has 11 aromatic rings. The molecule has 266 valence electrons. The molecule has 2 aromatic heterocycles. The first-order valence-electron chi connectivity index (χ1n) is 19.2. The standard InChI is InChI=1S/C53H33N3O/c1-2-11-34(12-3-1)37-15-8-17-43(31-37)51-54-52(56-53(55-51)45-28-23-35-13-4-5-14-36(35)32-45)44-18-9-16-38(33-44)39-24-25-41-30-42(27-26-40(41)29-39)46-20-10-22-49-50(46)47-19-6-7-21-48(47)57-49/h1-33H. The number of fused-ring (bicyclic) bond motifs is 5. The van der Waals surface area contributed by atoms with Gasteiger partial charge in [0.25, 0.3) is 0 Å². The Bertz CT molecular complexity index is 3310. The molecule has 0 N–H and O–H groups in total. The molecule has 0 aliphatic heterocycles. The summed E-state index contributed by atoms with van der Waals surface area (Å²) >= 11 is 0. The van der Waals surface area contributed by atoms with Crippen LogP contribution in [0.15, 0.2) is 205 Å². The molecule has 0 fully saturated rings. The Morgan fingerprint density at radius 3 is 1.49 bits per heavy atom. The average Bonchev–Trinajstić information content (AvgIpc) is 3.68. The minimum Gasteiger partial charge on any atom is -0.456 e. The van der Waals surface area contributed by atoms with Gasteiger partial charge < -0.3 is 4.42 Å². The molecule has 11 rings (SSSR count). The monoisotopic (exact) mass is 727 g/mol. The molecule has 0 atom stereocenters. The average molecular weight is 728 g/mol. The topological polar surface area (TPSA) is 51.8 Å². The lowest BCUT2D eigenvalue weighted by molar-refractivity contribution is 0.669. The highest BCUT2D eigenvalue weighted by Gasteiger charge is 2.16. The van der Waals surface area contributed by atoms with E-state index in [-0.39, 0.29) is 0 Å². The van der Waals surface area contributed by atoms with Crippen LogP contribution < -0.4 is 0 Å². The Kier molecular flexibility index (Phi) is 7.78. The second-order valence-corrected chi connectivity index (χ2v) is 14.4. The van der Waals surface area contributed by atoms with Crippen LogP contribution in [0.2, 0.25) is 0 Å². The molecule has 4 nitrogen and oxygen atoms in total. The van der Waals surface area contributed by atoms with Gasteiger partial charge in [0.2, 0.25) is 0 Å². The lowest BCUT2D eigenvalue weighted by atomic mass is 9.95. The number of hydrogen-bond donors (Lipinski definition) is 0. The SMILES string of the molecule is c1ccc(-c2cccc(-c3nc(-c4cccc(-c5ccc6cc(-c7cccc8oc9ccccc9c78)ccc6c5)c4)nc(-c4ccc5ccccc5c4)n3)c2)cc1. The van der Waals surface area contributed by atoms with Crippen LogP contribution in [0.3, 0.4) is 0 Å². The number of aromatic nitrogens is 3. The normalized spacial score (nSPS) is 11.5. The molecule has 0 saturated heterocycles. The van der Waals surface area contributed by atoms with Crippen LogP contribution in [0, 0.1) is 0 Å². The Balaban J connectivity index is 0.989. The lowest BCUT2D eigenvalue weighted by Crippen LogP contribution is -2.00. The van der Waals surface area contributed by atoms with Gasteiger partial charge in [0, 0.05) is 27.5 Å². The number of furan rings is 1. The van der Waals surface area contributed by atoms with Gasteiger partial charge in [-0.3, -0.25) is 0 Å². The molecule has 0 radical (unpaired) electrons. The molecular weight excluding hydrogens is 695 g/mol. The van der Waals surface area contributed by atoms with Gasteiger partial charge in [0.1, 0.15) is 11.2 Å². The maximum absolute atomic E-state index is 6.19. The third-order valence-corrected chi connectivity index (χ3v) is 10.9. The van der Waals surface area contributed by atoms with Crippen LogP contribution in [0.25, 0.3) is 111 Å². The molecule has 57 heavy (non-hydrogen) atoms. The van der Waals surface area contributed by atoms with E-state index in [0.717, 1.165) is 71.8 Å². The van der Waals surface area contributed by atoms with E-state index in [2.05, 4.69) is 176 Å². The first kappa shape index (κ1) is 32.7. The van der Waals surface area contributed by atoms with Crippen molar-refractivity contribution in [2.45, 2.75) is 0 Å². The Labute approximate surface area is 329 Å².